The number of hydrogen-bond donors (Lipinski definition) is 0. The van der Waals surface area contributed by atoms with Gasteiger partial charge in [0.2, 0.25) is 0 Å². The topological polar surface area (TPSA) is 26.2 Å². The zero-order valence-corrected chi connectivity index (χ0v) is 53.9. The van der Waals surface area contributed by atoms with Crippen LogP contribution >= 0.6 is 0 Å². The van der Waals surface area contributed by atoms with Crippen molar-refractivity contribution < 1.29 is 12.3 Å². The minimum absolute atomic E-state index is 0.0764. The predicted molar refractivity (Wildman–Crippen MR) is 423 cm³/mol. The second-order valence-electron chi connectivity index (χ2n) is 26.4. The Balaban J connectivity index is 0.901. The quantitative estimate of drug-likeness (QED) is 0.142. The molecule has 0 unspecified atom stereocenters. The van der Waals surface area contributed by atoms with E-state index in [4.69, 9.17) is 12.3 Å². The van der Waals surface area contributed by atoms with Crippen LogP contribution in [0.1, 0.15) is 29.0 Å². The Hall–Kier alpha value is -12.8. The lowest BCUT2D eigenvalue weighted by Crippen LogP contribution is -2.61. The van der Waals surface area contributed by atoms with E-state index in [-0.39, 0.29) is 22.3 Å². The van der Waals surface area contributed by atoms with E-state index in [0.717, 1.165) is 155 Å². The van der Waals surface area contributed by atoms with Crippen LogP contribution in [-0.4, -0.2) is 25.0 Å². The van der Waals surface area contributed by atoms with E-state index in [1.54, 1.807) is 12.1 Å². The largest absolute Gasteiger partial charge is 0.311 e. The molecule has 0 amide bonds. The molecule has 0 bridgehead atoms. The Morgan fingerprint density at radius 1 is 0.240 bits per heavy atom. The summed E-state index contributed by atoms with van der Waals surface area (Å²) in [7, 11) is 0. The number of hydrogen-bond acceptors (Lipinski definition) is 2. The van der Waals surface area contributed by atoms with Crippen LogP contribution in [-0.2, 0) is 0 Å². The molecule has 100 heavy (non-hydrogen) atoms. The first kappa shape index (κ1) is 48.0. The monoisotopic (exact) mass is 1280 g/mol. The SMILES string of the molecule is [2H]C([2H])([2H])c1ccccc1-c1ccccc1N1c2ccc(-n3c4ccccc4c4cccc(-n5c6ccccc6c6ccccc65)c43)cc2B2c3cc(-n4c5ccccc5c5cccc(-n6c7ccccc7c7ccccc76)c54)ccc3N(c3ccccc3-c3c(C([2H])([2H])[2H])cccc3C([2H])([2H])[2H])c3cccc1c32. The molecule has 15 aromatic carbocycles. The molecule has 468 valence electrons. The van der Waals surface area contributed by atoms with Gasteiger partial charge in [-0.1, -0.05) is 218 Å². The van der Waals surface area contributed by atoms with Gasteiger partial charge in [0.05, 0.1) is 66.9 Å². The van der Waals surface area contributed by atoms with Crippen LogP contribution in [0.5, 0.6) is 0 Å². The zero-order valence-electron chi connectivity index (χ0n) is 62.9. The molecule has 0 aliphatic carbocycles. The van der Waals surface area contributed by atoms with Crippen molar-refractivity contribution in [3.63, 3.8) is 0 Å². The number of benzene rings is 15. The van der Waals surface area contributed by atoms with Crippen LogP contribution in [0.3, 0.4) is 0 Å². The van der Waals surface area contributed by atoms with Crippen molar-refractivity contribution >= 4 is 144 Å². The molecule has 6 nitrogen and oxygen atoms in total. The van der Waals surface area contributed by atoms with Crippen molar-refractivity contribution in [2.24, 2.45) is 0 Å². The fourth-order valence-corrected chi connectivity index (χ4v) is 17.3. The summed E-state index contributed by atoms with van der Waals surface area (Å²) >= 11 is 0. The molecule has 2 aliphatic rings. The highest BCUT2D eigenvalue weighted by atomic mass is 15.2. The van der Waals surface area contributed by atoms with Crippen LogP contribution in [0.2, 0.25) is 0 Å². The van der Waals surface area contributed by atoms with E-state index in [9.17, 15) is 0 Å². The van der Waals surface area contributed by atoms with Crippen molar-refractivity contribution in [2.75, 3.05) is 9.80 Å². The molecule has 0 spiro atoms. The van der Waals surface area contributed by atoms with Crippen molar-refractivity contribution in [3.8, 4) is 45.0 Å². The lowest BCUT2D eigenvalue weighted by molar-refractivity contribution is 1.13. The van der Waals surface area contributed by atoms with Gasteiger partial charge in [-0.3, -0.25) is 0 Å². The van der Waals surface area contributed by atoms with Crippen LogP contribution in [0.25, 0.3) is 132 Å². The summed E-state index contributed by atoms with van der Waals surface area (Å²) < 4.78 is 91.3. The van der Waals surface area contributed by atoms with Crippen molar-refractivity contribution in [1.82, 2.24) is 18.3 Å². The van der Waals surface area contributed by atoms with E-state index in [0.29, 0.717) is 22.4 Å². The first-order chi connectivity index (χ1) is 53.1. The number of anilines is 6. The summed E-state index contributed by atoms with van der Waals surface area (Å²) in [5, 5.41) is 8.91. The molecule has 0 N–H and O–H groups in total. The van der Waals surface area contributed by atoms with Crippen molar-refractivity contribution in [3.05, 3.63) is 344 Å². The predicted octanol–water partition coefficient (Wildman–Crippen LogP) is 22.4. The number of para-hydroxylation sites is 10. The minimum atomic E-state index is -2.72. The van der Waals surface area contributed by atoms with Crippen LogP contribution in [0, 0.1) is 20.6 Å². The van der Waals surface area contributed by atoms with E-state index >= 15 is 0 Å². The summed E-state index contributed by atoms with van der Waals surface area (Å²) in [6, 6.07) is 112. The average molecular weight is 1280 g/mol. The molecule has 4 aromatic heterocycles. The Bertz CT molecular complexity index is 6930. The first-order valence-corrected chi connectivity index (χ1v) is 34.0. The molecular weight excluding hydrogens is 1210 g/mol. The molecule has 0 saturated heterocycles. The molecule has 6 heterocycles. The smallest absolute Gasteiger partial charge is 0.252 e. The fourth-order valence-electron chi connectivity index (χ4n) is 17.3. The summed E-state index contributed by atoms with van der Waals surface area (Å²) in [6.07, 6.45) is 0. The van der Waals surface area contributed by atoms with Crippen molar-refractivity contribution in [2.45, 2.75) is 20.6 Å². The van der Waals surface area contributed by atoms with E-state index < -0.39 is 27.3 Å². The zero-order chi connectivity index (χ0) is 73.5. The van der Waals surface area contributed by atoms with E-state index in [1.807, 2.05) is 54.6 Å². The van der Waals surface area contributed by atoms with Gasteiger partial charge in [-0.15, -0.1) is 0 Å². The van der Waals surface area contributed by atoms with Gasteiger partial charge in [-0.25, -0.2) is 0 Å². The average Bonchev–Trinajstić information content (AvgIpc) is 1.12. The normalized spacial score (nSPS) is 14.4. The third kappa shape index (κ3) is 7.91. The Morgan fingerprint density at radius 2 is 0.560 bits per heavy atom. The standard InChI is InChI=1S/C93H63BN6/c1-58-26-4-5-29-63(58)64-30-6-16-42-78(64)99-84-54-52-61(95-76-40-14-11-35-69(76)71-38-23-50-88(92(71)95)97-79-43-17-7-31-65(79)66-32-8-18-44-80(66)97)56-74(84)94-75-57-62(53-55-85(75)100(87-49-25-48-86(99)91(87)94)83-47-21-13-37-73(83)90-59(2)27-22-28-60(90)3)96-77-41-15-12-36-70(77)72-39-24-51-89(93(72)96)98-81-45-19-9-33-67(81)68-34-10-20-46-82(68)98/h4-57H,1-3H3/i1D3,2D3,3D3. The highest BCUT2D eigenvalue weighted by molar-refractivity contribution is 7.00. The lowest BCUT2D eigenvalue weighted by Gasteiger charge is -2.45. The maximum Gasteiger partial charge on any atom is 0.252 e. The molecular formula is C93H63BN6. The maximum atomic E-state index is 9.11. The highest BCUT2D eigenvalue weighted by Gasteiger charge is 2.45. The van der Waals surface area contributed by atoms with Gasteiger partial charge in [0.15, 0.2) is 0 Å². The number of aryl methyl sites for hydroxylation is 3. The van der Waals surface area contributed by atoms with Gasteiger partial charge in [0.25, 0.3) is 6.71 Å². The number of fused-ring (bicyclic) bond motifs is 16. The summed E-state index contributed by atoms with van der Waals surface area (Å²) in [5.41, 5.74) is 21.4. The van der Waals surface area contributed by atoms with E-state index in [1.165, 1.54) is 18.2 Å². The van der Waals surface area contributed by atoms with Gasteiger partial charge in [-0.05, 0) is 174 Å². The highest BCUT2D eigenvalue weighted by Crippen LogP contribution is 2.51. The number of aromatic nitrogens is 4. The summed E-state index contributed by atoms with van der Waals surface area (Å²) in [6.45, 7) is -8.48. The lowest BCUT2D eigenvalue weighted by atomic mass is 9.33. The molecule has 0 saturated carbocycles. The van der Waals surface area contributed by atoms with Gasteiger partial charge >= 0.3 is 0 Å². The molecule has 0 radical (unpaired) electrons. The van der Waals surface area contributed by atoms with Crippen LogP contribution in [0.15, 0.2) is 328 Å². The first-order valence-electron chi connectivity index (χ1n) is 38.5. The number of rotatable bonds is 8. The Kier molecular flexibility index (Phi) is 10.4. The summed E-state index contributed by atoms with van der Waals surface area (Å²) in [5.74, 6) is 0. The molecule has 7 heteroatoms. The third-order valence-corrected chi connectivity index (χ3v) is 21.3. The molecule has 0 atom stereocenters. The second-order valence-corrected chi connectivity index (χ2v) is 26.4. The molecule has 0 fully saturated rings. The summed E-state index contributed by atoms with van der Waals surface area (Å²) in [4.78, 5) is 4.52. The molecule has 21 rings (SSSR count). The van der Waals surface area contributed by atoms with Gasteiger partial charge in [-0.2, -0.15) is 0 Å². The van der Waals surface area contributed by atoms with E-state index in [2.05, 4.69) is 271 Å². The number of nitrogens with zero attached hydrogens (tertiary/aromatic N) is 6. The van der Waals surface area contributed by atoms with Gasteiger partial charge < -0.3 is 28.1 Å². The Labute approximate surface area is 591 Å². The fraction of sp³-hybridized carbons (Fsp3) is 0.0323. The second kappa shape index (κ2) is 21.6. The molecule has 2 aliphatic heterocycles. The van der Waals surface area contributed by atoms with Crippen molar-refractivity contribution in [1.29, 1.82) is 0 Å². The molecule has 19 aromatic rings. The Morgan fingerprint density at radius 3 is 1.02 bits per heavy atom. The van der Waals surface area contributed by atoms with Gasteiger partial charge in [0, 0.05) is 101 Å². The third-order valence-electron chi connectivity index (χ3n) is 21.3. The minimum Gasteiger partial charge on any atom is -0.311 e. The maximum absolute atomic E-state index is 9.11. The van der Waals surface area contributed by atoms with Gasteiger partial charge in [0.1, 0.15) is 0 Å². The van der Waals surface area contributed by atoms with Crippen LogP contribution < -0.4 is 26.2 Å². The van der Waals surface area contributed by atoms with Crippen LogP contribution in [0.4, 0.5) is 34.1 Å².